The molecule has 6 aromatic carbocycles. The molecule has 1 heterocycles. The van der Waals surface area contributed by atoms with Gasteiger partial charge in [-0.15, -0.1) is 0 Å². The molecule has 208 valence electrons. The number of aryl methyl sites for hydroxylation is 2. The molecule has 7 rings (SSSR count). The minimum Gasteiger partial charge on any atom is -0.407 e. The van der Waals surface area contributed by atoms with Crippen LogP contribution in [0.25, 0.3) is 43.5 Å². The van der Waals surface area contributed by atoms with Crippen molar-refractivity contribution in [3.63, 3.8) is 0 Å². The predicted molar refractivity (Wildman–Crippen MR) is 179 cm³/mol. The van der Waals surface area contributed by atoms with E-state index >= 15 is 0 Å². The third kappa shape index (κ3) is 4.50. The fourth-order valence-electron chi connectivity index (χ4n) is 6.33. The lowest BCUT2D eigenvalue weighted by Gasteiger charge is -2.31. The maximum Gasteiger partial charge on any atom is 0.310 e. The molecule has 0 amide bonds. The third-order valence-electron chi connectivity index (χ3n) is 8.51. The molecule has 0 radical (unpaired) electrons. The highest BCUT2D eigenvalue weighted by molar-refractivity contribution is 7.39. The number of hydrogen-bond acceptors (Lipinski definition) is 3. The molecule has 2 atom stereocenters. The number of rotatable bonds is 5. The second kappa shape index (κ2) is 10.8. The molecule has 0 N–H and O–H groups in total. The van der Waals surface area contributed by atoms with Gasteiger partial charge in [0.05, 0.1) is 0 Å². The minimum absolute atomic E-state index is 0.0408. The van der Waals surface area contributed by atoms with Crippen molar-refractivity contribution in [1.29, 1.82) is 0 Å². The molecule has 1 aromatic heterocycles. The Morgan fingerprint density at radius 1 is 0.524 bits per heavy atom. The summed E-state index contributed by atoms with van der Waals surface area (Å²) in [5, 5.41) is 6.98. The Morgan fingerprint density at radius 3 is 1.33 bits per heavy atom. The van der Waals surface area contributed by atoms with Crippen LogP contribution in [0.4, 0.5) is 0 Å². The Morgan fingerprint density at radius 2 is 0.905 bits per heavy atom. The summed E-state index contributed by atoms with van der Waals surface area (Å²) in [7, 11) is -1.57. The van der Waals surface area contributed by atoms with E-state index in [1.807, 2.05) is 0 Å². The molecule has 42 heavy (non-hydrogen) atoms. The van der Waals surface area contributed by atoms with Crippen LogP contribution in [0.5, 0.6) is 0 Å². The summed E-state index contributed by atoms with van der Waals surface area (Å²) in [4.78, 5) is 0. The van der Waals surface area contributed by atoms with E-state index in [9.17, 15) is 0 Å². The largest absolute Gasteiger partial charge is 0.407 e. The molecule has 0 fully saturated rings. The van der Waals surface area contributed by atoms with Crippen molar-refractivity contribution in [1.82, 2.24) is 0 Å². The quantitative estimate of drug-likeness (QED) is 0.207. The van der Waals surface area contributed by atoms with Crippen LogP contribution in [0.1, 0.15) is 48.2 Å². The number of hydrogen-bond donors (Lipinski definition) is 0. The van der Waals surface area contributed by atoms with Gasteiger partial charge in [-0.1, -0.05) is 109 Å². The topological polar surface area (TPSA) is 29.5 Å². The fourth-order valence-corrected chi connectivity index (χ4v) is 8.17. The fraction of sp³-hybridized carbons (Fsp3) is 0.158. The number of fused-ring (bicyclic) bond motifs is 7. The molecule has 0 aliphatic carbocycles. The first-order valence-electron chi connectivity index (χ1n) is 14.6. The van der Waals surface area contributed by atoms with Crippen molar-refractivity contribution in [2.24, 2.45) is 0 Å². The van der Waals surface area contributed by atoms with Gasteiger partial charge in [-0.2, -0.15) is 4.67 Å². The standard InChI is InChI=1S/C38H34NO2P/c1-25-23-31-19-11-13-21-33(31)35-36-34-22-14-12-20-32(34)24-26(2)38(36)41-42(40-37(25)35)39(27(3)29-15-7-5-8-16-29)28(4)30-17-9-6-10-18-30/h5-24,27-28H,1-4H3/t27-,28-/m1/s1. The molecular weight excluding hydrogens is 533 g/mol. The van der Waals surface area contributed by atoms with Gasteiger partial charge in [0.2, 0.25) is 0 Å². The molecule has 0 aliphatic heterocycles. The summed E-state index contributed by atoms with van der Waals surface area (Å²) < 4.78 is 16.8. The van der Waals surface area contributed by atoms with Gasteiger partial charge in [0.15, 0.2) is 0 Å². The third-order valence-corrected chi connectivity index (χ3v) is 10.3. The second-order valence-corrected chi connectivity index (χ2v) is 12.5. The summed E-state index contributed by atoms with van der Waals surface area (Å²) in [5.74, 6) is 0. The molecule has 0 saturated heterocycles. The van der Waals surface area contributed by atoms with Gasteiger partial charge in [-0.05, 0) is 83.6 Å². The molecule has 4 heteroatoms. The SMILES string of the molecule is Cc1cc2ccccc2c2c1op(N([C@H](C)c1ccccc1)[C@H](C)c1ccccc1)oc1c(C)cc3ccccc3c12. The smallest absolute Gasteiger partial charge is 0.310 e. The maximum atomic E-state index is 7.20. The Bertz CT molecular complexity index is 1950. The second-order valence-electron chi connectivity index (χ2n) is 11.2. The summed E-state index contributed by atoms with van der Waals surface area (Å²) in [6, 6.07) is 43.2. The van der Waals surface area contributed by atoms with Gasteiger partial charge < -0.3 is 8.39 Å². The van der Waals surface area contributed by atoms with Crippen molar-refractivity contribution in [2.45, 2.75) is 39.8 Å². The van der Waals surface area contributed by atoms with Gasteiger partial charge in [0, 0.05) is 22.9 Å². The Kier molecular flexibility index (Phi) is 6.86. The van der Waals surface area contributed by atoms with E-state index in [0.29, 0.717) is 0 Å². The van der Waals surface area contributed by atoms with Crippen LogP contribution in [0.2, 0.25) is 0 Å². The molecule has 0 aliphatic rings. The average Bonchev–Trinajstić information content (AvgIpc) is 3.21. The lowest BCUT2D eigenvalue weighted by molar-refractivity contribution is 0.557. The van der Waals surface area contributed by atoms with Crippen molar-refractivity contribution in [3.05, 3.63) is 144 Å². The van der Waals surface area contributed by atoms with E-state index in [0.717, 1.165) is 33.1 Å². The zero-order valence-electron chi connectivity index (χ0n) is 24.4. The Hall–Kier alpha value is -4.30. The molecule has 3 nitrogen and oxygen atoms in total. The van der Waals surface area contributed by atoms with E-state index in [1.165, 1.54) is 32.7 Å². The molecule has 0 saturated carbocycles. The van der Waals surface area contributed by atoms with Crippen LogP contribution in [0, 0.1) is 13.8 Å². The van der Waals surface area contributed by atoms with Gasteiger partial charge in [0.1, 0.15) is 11.2 Å². The zero-order valence-corrected chi connectivity index (χ0v) is 25.3. The first kappa shape index (κ1) is 26.6. The summed E-state index contributed by atoms with van der Waals surface area (Å²) >= 11 is 0. The van der Waals surface area contributed by atoms with E-state index in [4.69, 9.17) is 8.39 Å². The van der Waals surface area contributed by atoms with Gasteiger partial charge in [-0.25, -0.2) is 0 Å². The predicted octanol–water partition coefficient (Wildman–Crippen LogP) is 11.7. The van der Waals surface area contributed by atoms with E-state index in [-0.39, 0.29) is 12.1 Å². The van der Waals surface area contributed by atoms with Crippen LogP contribution >= 0.6 is 8.16 Å². The number of nitrogens with zero attached hydrogens (tertiary/aromatic N) is 1. The summed E-state index contributed by atoms with van der Waals surface area (Å²) in [5.41, 5.74) is 6.48. The van der Waals surface area contributed by atoms with Crippen LogP contribution in [0.3, 0.4) is 0 Å². The van der Waals surface area contributed by atoms with Crippen LogP contribution in [-0.4, -0.2) is 0 Å². The average molecular weight is 568 g/mol. The summed E-state index contributed by atoms with van der Waals surface area (Å²) in [6.07, 6.45) is 0. The lowest BCUT2D eigenvalue weighted by atomic mass is 9.95. The highest BCUT2D eigenvalue weighted by atomic mass is 31.1. The highest BCUT2D eigenvalue weighted by Crippen LogP contribution is 2.49. The molecule has 0 spiro atoms. The van der Waals surface area contributed by atoms with E-state index < -0.39 is 8.16 Å². The normalized spacial score (nSPS) is 13.3. The van der Waals surface area contributed by atoms with Crippen LogP contribution in [0.15, 0.2) is 130 Å². The molecule has 0 unspecified atom stereocenters. The Labute approximate surface area is 247 Å². The monoisotopic (exact) mass is 567 g/mol. The van der Waals surface area contributed by atoms with Gasteiger partial charge >= 0.3 is 8.16 Å². The van der Waals surface area contributed by atoms with Gasteiger partial charge in [0.25, 0.3) is 0 Å². The molecule has 7 aromatic rings. The summed E-state index contributed by atoms with van der Waals surface area (Å²) in [6.45, 7) is 8.84. The van der Waals surface area contributed by atoms with Crippen molar-refractivity contribution in [2.75, 3.05) is 4.67 Å². The van der Waals surface area contributed by atoms with Crippen LogP contribution in [-0.2, 0) is 0 Å². The van der Waals surface area contributed by atoms with Crippen molar-refractivity contribution < 1.29 is 8.39 Å². The van der Waals surface area contributed by atoms with Crippen LogP contribution < -0.4 is 4.67 Å². The van der Waals surface area contributed by atoms with Crippen molar-refractivity contribution in [3.8, 4) is 0 Å². The minimum atomic E-state index is -1.57. The molecular formula is C38H34NO2P. The highest BCUT2D eigenvalue weighted by Gasteiger charge is 2.29. The maximum absolute atomic E-state index is 7.20. The van der Waals surface area contributed by atoms with Crippen molar-refractivity contribution >= 4 is 51.6 Å². The first-order valence-corrected chi connectivity index (χ1v) is 15.7. The zero-order chi connectivity index (χ0) is 28.8. The lowest BCUT2D eigenvalue weighted by Crippen LogP contribution is -2.27. The van der Waals surface area contributed by atoms with Gasteiger partial charge in [-0.3, -0.25) is 0 Å². The number of benzene rings is 6. The first-order chi connectivity index (χ1) is 20.5. The van der Waals surface area contributed by atoms with E-state index in [1.54, 1.807) is 0 Å². The Balaban J connectivity index is 1.65. The van der Waals surface area contributed by atoms with E-state index in [2.05, 4.69) is 154 Å². The molecule has 0 bridgehead atoms.